The highest BCUT2D eigenvalue weighted by molar-refractivity contribution is 8.14. The van der Waals surface area contributed by atoms with Gasteiger partial charge >= 0.3 is 0 Å². The summed E-state index contributed by atoms with van der Waals surface area (Å²) in [5.41, 5.74) is 2.64. The summed E-state index contributed by atoms with van der Waals surface area (Å²) in [5.74, 6) is -0.357. The summed E-state index contributed by atoms with van der Waals surface area (Å²) in [5, 5.41) is 5.82. The molecule has 1 atom stereocenters. The topological polar surface area (TPSA) is 112 Å². The molecule has 9 nitrogen and oxygen atoms in total. The molecule has 2 N–H and O–H groups in total. The molecule has 2 heterocycles. The Hall–Kier alpha value is -4.51. The number of aliphatic imine (C=N–C) groups is 2. The van der Waals surface area contributed by atoms with Crippen LogP contribution < -0.4 is 15.4 Å². The standard InChI is InChI=1S/C28H24FN5O4S/c1-38-20-12-6-17(7-13-20)15-30-24(35)14-23-27(37)34-26(32-23)21-4-2-3-5-22(21)33-28(34)39-16-25(36)31-19-10-8-18(29)9-11-19/h2-13,23H,14-16H2,1H3,(H,30,35)(H,31,36)/t23-/m1/s1. The van der Waals surface area contributed by atoms with Crippen LogP contribution in [0.25, 0.3) is 0 Å². The average Bonchev–Trinajstić information content (AvgIpc) is 3.28. The lowest BCUT2D eigenvalue weighted by atomic mass is 10.1. The van der Waals surface area contributed by atoms with Crippen molar-refractivity contribution in [1.29, 1.82) is 0 Å². The van der Waals surface area contributed by atoms with Gasteiger partial charge in [-0.25, -0.2) is 14.3 Å². The molecule has 11 heteroatoms. The van der Waals surface area contributed by atoms with Gasteiger partial charge in [-0.05, 0) is 54.1 Å². The molecule has 2 aliphatic rings. The van der Waals surface area contributed by atoms with Crippen molar-refractivity contribution >= 4 is 51.9 Å². The second-order valence-corrected chi connectivity index (χ2v) is 9.67. The second-order valence-electron chi connectivity index (χ2n) is 8.73. The first kappa shape index (κ1) is 26.1. The first-order valence-corrected chi connectivity index (χ1v) is 13.1. The fourth-order valence-electron chi connectivity index (χ4n) is 4.08. The Bertz CT molecular complexity index is 1470. The normalized spacial score (nSPS) is 15.6. The van der Waals surface area contributed by atoms with E-state index in [2.05, 4.69) is 20.6 Å². The number of halogens is 1. The Labute approximate surface area is 228 Å². The summed E-state index contributed by atoms with van der Waals surface area (Å²) in [7, 11) is 1.58. The number of hydrogen-bond acceptors (Lipinski definition) is 7. The van der Waals surface area contributed by atoms with Crippen molar-refractivity contribution in [1.82, 2.24) is 10.2 Å². The molecular weight excluding hydrogens is 521 g/mol. The number of nitrogens with zero attached hydrogens (tertiary/aromatic N) is 3. The van der Waals surface area contributed by atoms with Gasteiger partial charge in [-0.2, -0.15) is 0 Å². The van der Waals surface area contributed by atoms with Gasteiger partial charge < -0.3 is 15.4 Å². The van der Waals surface area contributed by atoms with E-state index >= 15 is 0 Å². The molecule has 39 heavy (non-hydrogen) atoms. The van der Waals surface area contributed by atoms with Crippen LogP contribution in [0.4, 0.5) is 15.8 Å². The quantitative estimate of drug-likeness (QED) is 0.446. The van der Waals surface area contributed by atoms with Crippen LogP contribution in [0.2, 0.25) is 0 Å². The lowest BCUT2D eigenvalue weighted by molar-refractivity contribution is -0.128. The third-order valence-electron chi connectivity index (χ3n) is 6.04. The molecule has 0 unspecified atom stereocenters. The number of carbonyl (C=O) groups excluding carboxylic acids is 3. The molecule has 0 fully saturated rings. The largest absolute Gasteiger partial charge is 0.497 e. The van der Waals surface area contributed by atoms with Crippen molar-refractivity contribution in [3.05, 3.63) is 89.7 Å². The number of methoxy groups -OCH3 is 1. The summed E-state index contributed by atoms with van der Waals surface area (Å²) in [6.45, 7) is 0.304. The van der Waals surface area contributed by atoms with E-state index in [0.29, 0.717) is 34.5 Å². The smallest absolute Gasteiger partial charge is 0.259 e. The van der Waals surface area contributed by atoms with Gasteiger partial charge in [-0.3, -0.25) is 19.4 Å². The molecule has 2 aliphatic heterocycles. The molecule has 0 radical (unpaired) electrons. The van der Waals surface area contributed by atoms with Crippen LogP contribution in [-0.2, 0) is 20.9 Å². The van der Waals surface area contributed by atoms with E-state index in [1.807, 2.05) is 42.5 Å². The summed E-state index contributed by atoms with van der Waals surface area (Å²) >= 11 is 1.08. The number of benzene rings is 3. The molecule has 0 aliphatic carbocycles. The van der Waals surface area contributed by atoms with Crippen LogP contribution in [0.1, 0.15) is 17.5 Å². The van der Waals surface area contributed by atoms with Gasteiger partial charge in [0.1, 0.15) is 23.4 Å². The maximum atomic E-state index is 13.4. The molecule has 0 saturated heterocycles. The number of nitrogens with one attached hydrogen (secondary N) is 2. The van der Waals surface area contributed by atoms with E-state index in [-0.39, 0.29) is 29.9 Å². The Balaban J connectivity index is 1.26. The van der Waals surface area contributed by atoms with E-state index in [4.69, 9.17) is 4.74 Å². The van der Waals surface area contributed by atoms with Crippen LogP contribution in [0, 0.1) is 5.82 Å². The van der Waals surface area contributed by atoms with Crippen molar-refractivity contribution in [2.75, 3.05) is 18.2 Å². The van der Waals surface area contributed by atoms with E-state index < -0.39 is 11.9 Å². The fraction of sp³-hybridized carbons (Fsp3) is 0.179. The minimum atomic E-state index is -0.916. The third-order valence-corrected chi connectivity index (χ3v) is 6.97. The van der Waals surface area contributed by atoms with E-state index in [1.54, 1.807) is 13.2 Å². The van der Waals surface area contributed by atoms with E-state index in [0.717, 1.165) is 23.1 Å². The van der Waals surface area contributed by atoms with E-state index in [1.165, 1.54) is 29.2 Å². The van der Waals surface area contributed by atoms with Crippen LogP contribution >= 0.6 is 11.8 Å². The van der Waals surface area contributed by atoms with Gasteiger partial charge in [0.2, 0.25) is 11.8 Å². The minimum Gasteiger partial charge on any atom is -0.497 e. The van der Waals surface area contributed by atoms with Gasteiger partial charge in [0.15, 0.2) is 5.17 Å². The Morgan fingerprint density at radius 3 is 2.51 bits per heavy atom. The van der Waals surface area contributed by atoms with Gasteiger partial charge in [0.25, 0.3) is 5.91 Å². The monoisotopic (exact) mass is 545 g/mol. The van der Waals surface area contributed by atoms with Crippen LogP contribution in [0.3, 0.4) is 0 Å². The van der Waals surface area contributed by atoms with Crippen molar-refractivity contribution in [2.24, 2.45) is 9.98 Å². The summed E-state index contributed by atoms with van der Waals surface area (Å²) in [6.07, 6.45) is -0.125. The van der Waals surface area contributed by atoms with Gasteiger partial charge in [-0.1, -0.05) is 36.0 Å². The number of ether oxygens (including phenoxy) is 1. The predicted octanol–water partition coefficient (Wildman–Crippen LogP) is 3.87. The number of hydrogen-bond donors (Lipinski definition) is 2. The first-order valence-electron chi connectivity index (χ1n) is 12.1. The fourth-order valence-corrected chi connectivity index (χ4v) is 4.88. The molecule has 3 aromatic rings. The molecule has 198 valence electrons. The molecule has 0 bridgehead atoms. The Morgan fingerprint density at radius 1 is 1.03 bits per heavy atom. The maximum absolute atomic E-state index is 13.4. The van der Waals surface area contributed by atoms with E-state index in [9.17, 15) is 18.8 Å². The highest BCUT2D eigenvalue weighted by Gasteiger charge is 2.42. The van der Waals surface area contributed by atoms with Crippen molar-refractivity contribution in [3.8, 4) is 5.75 Å². The highest BCUT2D eigenvalue weighted by Crippen LogP contribution is 2.34. The zero-order valence-corrected chi connectivity index (χ0v) is 21.7. The van der Waals surface area contributed by atoms with Gasteiger partial charge in [-0.15, -0.1) is 0 Å². The van der Waals surface area contributed by atoms with Gasteiger partial charge in [0, 0.05) is 17.8 Å². The Kier molecular flexibility index (Phi) is 7.69. The SMILES string of the molecule is COc1ccc(CNC(=O)C[C@H]2N=C3c4ccccc4N=C(SCC(=O)Nc4ccc(F)cc4)N3C2=O)cc1. The van der Waals surface area contributed by atoms with Crippen LogP contribution in [-0.4, -0.2) is 52.5 Å². The highest BCUT2D eigenvalue weighted by atomic mass is 32.2. The molecule has 0 spiro atoms. The molecule has 3 amide bonds. The molecule has 3 aromatic carbocycles. The molecule has 0 aromatic heterocycles. The second kappa shape index (κ2) is 11.5. The molecule has 0 saturated carbocycles. The summed E-state index contributed by atoms with van der Waals surface area (Å²) in [6, 6.07) is 19.1. The number of amides is 3. The van der Waals surface area contributed by atoms with Crippen molar-refractivity contribution in [2.45, 2.75) is 19.0 Å². The van der Waals surface area contributed by atoms with Crippen molar-refractivity contribution < 1.29 is 23.5 Å². The predicted molar refractivity (Wildman–Crippen MR) is 148 cm³/mol. The van der Waals surface area contributed by atoms with Crippen molar-refractivity contribution in [3.63, 3.8) is 0 Å². The van der Waals surface area contributed by atoms with Crippen LogP contribution in [0.15, 0.2) is 82.8 Å². The summed E-state index contributed by atoms with van der Waals surface area (Å²) < 4.78 is 18.3. The molecular formula is C28H24FN5O4S. The number of rotatable bonds is 8. The molecule has 5 rings (SSSR count). The Morgan fingerprint density at radius 2 is 1.77 bits per heavy atom. The lowest BCUT2D eigenvalue weighted by Crippen LogP contribution is -2.42. The number of carbonyl (C=O) groups is 3. The third kappa shape index (κ3) is 5.99. The number of anilines is 1. The zero-order chi connectivity index (χ0) is 27.4. The maximum Gasteiger partial charge on any atom is 0.259 e. The summed E-state index contributed by atoms with van der Waals surface area (Å²) in [4.78, 5) is 49.2. The number of amidine groups is 2. The number of fused-ring (bicyclic) bond motifs is 3. The van der Waals surface area contributed by atoms with Crippen LogP contribution in [0.5, 0.6) is 5.75 Å². The lowest BCUT2D eigenvalue weighted by Gasteiger charge is -2.25. The number of thioether (sulfide) groups is 1. The minimum absolute atomic E-state index is 0.0392. The zero-order valence-electron chi connectivity index (χ0n) is 20.9. The first-order chi connectivity index (χ1) is 18.9. The van der Waals surface area contributed by atoms with Gasteiger partial charge in [0.05, 0.1) is 25.0 Å². The number of para-hydroxylation sites is 1. The average molecular weight is 546 g/mol.